The SMILES string of the molecule is O=C(Nc1cccnc1)c1ccc(CNS(=O)(=O)c2cccc(-c3ncccn3)c2)cc1. The number of aromatic nitrogens is 3. The van der Waals surface area contributed by atoms with Crippen molar-refractivity contribution in [2.75, 3.05) is 5.32 Å². The Labute approximate surface area is 185 Å². The van der Waals surface area contributed by atoms with Crippen molar-refractivity contribution in [1.29, 1.82) is 0 Å². The lowest BCUT2D eigenvalue weighted by molar-refractivity contribution is 0.102. The summed E-state index contributed by atoms with van der Waals surface area (Å²) in [4.78, 5) is 24.7. The molecule has 0 aliphatic heterocycles. The van der Waals surface area contributed by atoms with E-state index in [9.17, 15) is 13.2 Å². The number of pyridine rings is 1. The van der Waals surface area contributed by atoms with Crippen molar-refractivity contribution in [2.45, 2.75) is 11.4 Å². The van der Waals surface area contributed by atoms with Crippen molar-refractivity contribution in [1.82, 2.24) is 19.7 Å². The van der Waals surface area contributed by atoms with Gasteiger partial charge in [-0.05, 0) is 48.0 Å². The number of hydrogen-bond donors (Lipinski definition) is 2. The molecule has 0 saturated heterocycles. The topological polar surface area (TPSA) is 114 Å². The minimum Gasteiger partial charge on any atom is -0.321 e. The lowest BCUT2D eigenvalue weighted by Crippen LogP contribution is -2.23. The van der Waals surface area contributed by atoms with Gasteiger partial charge < -0.3 is 5.32 Å². The predicted octanol–water partition coefficient (Wildman–Crippen LogP) is 3.27. The highest BCUT2D eigenvalue weighted by Crippen LogP contribution is 2.19. The van der Waals surface area contributed by atoms with E-state index in [0.717, 1.165) is 0 Å². The molecule has 160 valence electrons. The molecule has 2 N–H and O–H groups in total. The zero-order valence-electron chi connectivity index (χ0n) is 16.8. The highest BCUT2D eigenvalue weighted by atomic mass is 32.2. The van der Waals surface area contributed by atoms with Gasteiger partial charge in [0.15, 0.2) is 5.82 Å². The largest absolute Gasteiger partial charge is 0.321 e. The van der Waals surface area contributed by atoms with E-state index in [2.05, 4.69) is 25.0 Å². The van der Waals surface area contributed by atoms with Crippen LogP contribution in [0.5, 0.6) is 0 Å². The molecule has 0 spiro atoms. The average Bonchev–Trinajstić information content (AvgIpc) is 2.84. The van der Waals surface area contributed by atoms with Crippen molar-refractivity contribution in [3.63, 3.8) is 0 Å². The van der Waals surface area contributed by atoms with E-state index in [1.54, 1.807) is 79.4 Å². The van der Waals surface area contributed by atoms with Gasteiger partial charge in [0, 0.05) is 36.3 Å². The molecule has 4 rings (SSSR count). The quantitative estimate of drug-likeness (QED) is 0.451. The molecule has 0 bridgehead atoms. The minimum absolute atomic E-state index is 0.0822. The fraction of sp³-hybridized carbons (Fsp3) is 0.0435. The number of anilines is 1. The van der Waals surface area contributed by atoms with E-state index < -0.39 is 10.0 Å². The summed E-state index contributed by atoms with van der Waals surface area (Å²) < 4.78 is 28.1. The zero-order chi connectivity index (χ0) is 22.4. The molecule has 0 radical (unpaired) electrons. The van der Waals surface area contributed by atoms with Crippen LogP contribution < -0.4 is 10.0 Å². The lowest BCUT2D eigenvalue weighted by Gasteiger charge is -2.09. The van der Waals surface area contributed by atoms with Gasteiger partial charge in [-0.15, -0.1) is 0 Å². The fourth-order valence-electron chi connectivity index (χ4n) is 2.93. The number of carbonyl (C=O) groups is 1. The van der Waals surface area contributed by atoms with Crippen LogP contribution in [0, 0.1) is 0 Å². The molecule has 1 amide bonds. The molecular formula is C23H19N5O3S. The molecule has 2 heterocycles. The number of hydrogen-bond acceptors (Lipinski definition) is 6. The van der Waals surface area contributed by atoms with E-state index in [0.29, 0.717) is 28.2 Å². The first-order chi connectivity index (χ1) is 15.5. The maximum Gasteiger partial charge on any atom is 0.255 e. The first-order valence-electron chi connectivity index (χ1n) is 9.69. The zero-order valence-corrected chi connectivity index (χ0v) is 17.7. The molecular weight excluding hydrogens is 426 g/mol. The van der Waals surface area contributed by atoms with Gasteiger partial charge in [0.25, 0.3) is 5.91 Å². The minimum atomic E-state index is -3.75. The Hall–Kier alpha value is -3.95. The van der Waals surface area contributed by atoms with E-state index in [4.69, 9.17) is 0 Å². The van der Waals surface area contributed by atoms with Crippen LogP contribution in [-0.4, -0.2) is 29.3 Å². The molecule has 0 atom stereocenters. The maximum atomic E-state index is 12.7. The molecule has 2 aromatic heterocycles. The number of benzene rings is 2. The Morgan fingerprint density at radius 1 is 0.875 bits per heavy atom. The van der Waals surface area contributed by atoms with Gasteiger partial charge in [0.1, 0.15) is 0 Å². The summed E-state index contributed by atoms with van der Waals surface area (Å²) in [6, 6.07) is 18.3. The molecule has 0 aliphatic carbocycles. The van der Waals surface area contributed by atoms with Crippen molar-refractivity contribution in [3.05, 3.63) is 103 Å². The van der Waals surface area contributed by atoms with Crippen LogP contribution in [0.2, 0.25) is 0 Å². The second kappa shape index (κ2) is 9.46. The first kappa shape index (κ1) is 21.3. The van der Waals surface area contributed by atoms with Crippen molar-refractivity contribution < 1.29 is 13.2 Å². The molecule has 0 fully saturated rings. The number of nitrogens with zero attached hydrogens (tertiary/aromatic N) is 3. The van der Waals surface area contributed by atoms with Gasteiger partial charge in [-0.2, -0.15) is 0 Å². The van der Waals surface area contributed by atoms with Crippen molar-refractivity contribution >= 4 is 21.6 Å². The standard InChI is InChI=1S/C23H19N5O3S/c29-23(28-20-5-2-11-24-16-20)18-9-7-17(8-10-18)15-27-32(30,31)21-6-1-4-19(14-21)22-25-12-3-13-26-22/h1-14,16,27H,15H2,(H,28,29). The highest BCUT2D eigenvalue weighted by molar-refractivity contribution is 7.89. The van der Waals surface area contributed by atoms with Crippen LogP contribution in [0.3, 0.4) is 0 Å². The summed E-state index contributed by atoms with van der Waals surface area (Å²) in [5, 5.41) is 2.75. The molecule has 0 unspecified atom stereocenters. The van der Waals surface area contributed by atoms with Crippen LogP contribution in [0.4, 0.5) is 5.69 Å². The molecule has 4 aromatic rings. The lowest BCUT2D eigenvalue weighted by atomic mass is 10.1. The smallest absolute Gasteiger partial charge is 0.255 e. The predicted molar refractivity (Wildman–Crippen MR) is 120 cm³/mol. The first-order valence-corrected chi connectivity index (χ1v) is 11.2. The number of amides is 1. The molecule has 8 nitrogen and oxygen atoms in total. The third-order valence-electron chi connectivity index (χ3n) is 4.57. The summed E-state index contributed by atoms with van der Waals surface area (Å²) in [6.07, 6.45) is 6.38. The van der Waals surface area contributed by atoms with Gasteiger partial charge in [0.2, 0.25) is 10.0 Å². The van der Waals surface area contributed by atoms with E-state index in [1.807, 2.05) is 0 Å². The number of nitrogens with one attached hydrogen (secondary N) is 2. The Balaban J connectivity index is 1.41. The van der Waals surface area contributed by atoms with Crippen LogP contribution in [0.15, 0.2) is 96.4 Å². The number of carbonyl (C=O) groups excluding carboxylic acids is 1. The van der Waals surface area contributed by atoms with Gasteiger partial charge in [-0.3, -0.25) is 9.78 Å². The van der Waals surface area contributed by atoms with Crippen molar-refractivity contribution in [3.8, 4) is 11.4 Å². The van der Waals surface area contributed by atoms with Crippen molar-refractivity contribution in [2.24, 2.45) is 0 Å². The van der Waals surface area contributed by atoms with Crippen LogP contribution >= 0.6 is 0 Å². The molecule has 0 aliphatic rings. The maximum absolute atomic E-state index is 12.7. The second-order valence-electron chi connectivity index (χ2n) is 6.82. The van der Waals surface area contributed by atoms with Gasteiger partial charge in [-0.1, -0.05) is 24.3 Å². The Morgan fingerprint density at radius 2 is 1.66 bits per heavy atom. The van der Waals surface area contributed by atoms with Gasteiger partial charge in [0.05, 0.1) is 16.8 Å². The summed E-state index contributed by atoms with van der Waals surface area (Å²) in [5.41, 5.74) is 2.37. The molecule has 32 heavy (non-hydrogen) atoms. The summed E-state index contributed by atoms with van der Waals surface area (Å²) >= 11 is 0. The normalized spacial score (nSPS) is 11.1. The third kappa shape index (κ3) is 5.20. The Kier molecular flexibility index (Phi) is 6.29. The number of rotatable bonds is 7. The monoisotopic (exact) mass is 445 g/mol. The Morgan fingerprint density at radius 3 is 2.38 bits per heavy atom. The van der Waals surface area contributed by atoms with Gasteiger partial charge >= 0.3 is 0 Å². The third-order valence-corrected chi connectivity index (χ3v) is 5.97. The summed E-state index contributed by atoms with van der Waals surface area (Å²) in [7, 11) is -3.75. The summed E-state index contributed by atoms with van der Waals surface area (Å²) in [5.74, 6) is 0.176. The van der Waals surface area contributed by atoms with E-state index in [1.165, 1.54) is 12.1 Å². The number of sulfonamides is 1. The van der Waals surface area contributed by atoms with E-state index in [-0.39, 0.29) is 17.3 Å². The molecule has 0 saturated carbocycles. The summed E-state index contributed by atoms with van der Waals surface area (Å²) in [6.45, 7) is 0.0822. The fourth-order valence-corrected chi connectivity index (χ4v) is 3.99. The highest BCUT2D eigenvalue weighted by Gasteiger charge is 2.15. The van der Waals surface area contributed by atoms with Crippen LogP contribution in [0.1, 0.15) is 15.9 Å². The van der Waals surface area contributed by atoms with Crippen LogP contribution in [-0.2, 0) is 16.6 Å². The van der Waals surface area contributed by atoms with E-state index >= 15 is 0 Å². The molecule has 9 heteroatoms. The molecule has 2 aromatic carbocycles. The second-order valence-corrected chi connectivity index (χ2v) is 8.58. The Bertz CT molecular complexity index is 1310. The van der Waals surface area contributed by atoms with Gasteiger partial charge in [-0.25, -0.2) is 23.1 Å². The average molecular weight is 446 g/mol. The van der Waals surface area contributed by atoms with Crippen LogP contribution in [0.25, 0.3) is 11.4 Å².